The number of carbonyl (C=O) groups is 3. The first-order valence-corrected chi connectivity index (χ1v) is 12.5. The van der Waals surface area contributed by atoms with Gasteiger partial charge in [0.15, 0.2) is 10.7 Å². The molecule has 34 heavy (non-hydrogen) atoms. The molecule has 0 fully saturated rings. The van der Waals surface area contributed by atoms with E-state index in [2.05, 4.69) is 20.9 Å². The topological polar surface area (TPSA) is 87.0 Å². The molecule has 0 unspecified atom stereocenters. The molecule has 0 saturated heterocycles. The highest BCUT2D eigenvalue weighted by atomic mass is 79.9. The molecule has 0 aliphatic heterocycles. The zero-order valence-corrected chi connectivity index (χ0v) is 21.1. The van der Waals surface area contributed by atoms with E-state index in [1.165, 1.54) is 0 Å². The summed E-state index contributed by atoms with van der Waals surface area (Å²) in [6.45, 7) is 4.20. The van der Waals surface area contributed by atoms with Crippen molar-refractivity contribution in [3.63, 3.8) is 0 Å². The van der Waals surface area contributed by atoms with Gasteiger partial charge in [-0.05, 0) is 26.0 Å². The van der Waals surface area contributed by atoms with E-state index in [0.717, 1.165) is 16.2 Å². The van der Waals surface area contributed by atoms with Crippen molar-refractivity contribution in [3.8, 4) is 11.3 Å². The second kappa shape index (κ2) is 12.2. The Balaban J connectivity index is 0.000000197. The maximum atomic E-state index is 11.9. The molecule has 4 rings (SSSR count). The summed E-state index contributed by atoms with van der Waals surface area (Å²) in [6.07, 6.45) is 3.87. The number of ether oxygens (including phenoxy) is 2. The average Bonchev–Trinajstić information content (AvgIpc) is 3.47. The van der Waals surface area contributed by atoms with Crippen LogP contribution < -0.4 is 0 Å². The molecule has 2 heterocycles. The summed E-state index contributed by atoms with van der Waals surface area (Å²) in [6, 6.07) is 14.0. The summed E-state index contributed by atoms with van der Waals surface area (Å²) in [4.78, 5) is 40.4. The first kappa shape index (κ1) is 25.3. The standard InChI is InChI=1S/C14H12N2O2S.C11H11BrO3/c1-2-18-13(17)11-6-4-3-5-10(11)12-9-16-7-8-19-14(16)15-12;1-2-15-11(14)9-6-4-3-5-8(9)10(13)7-12/h3-9H,2H2,1H3;3-6H,2,7H2,1H3. The summed E-state index contributed by atoms with van der Waals surface area (Å²) >= 11 is 4.64. The minimum absolute atomic E-state index is 0.126. The molecule has 0 N–H and O–H groups in total. The molecular weight excluding hydrogens is 520 g/mol. The van der Waals surface area contributed by atoms with Crippen LogP contribution in [0.5, 0.6) is 0 Å². The second-order valence-electron chi connectivity index (χ2n) is 6.81. The van der Waals surface area contributed by atoms with Crippen LogP contribution in [0.15, 0.2) is 66.3 Å². The van der Waals surface area contributed by atoms with Crippen LogP contribution >= 0.6 is 27.3 Å². The normalized spacial score (nSPS) is 10.3. The number of nitrogens with zero attached hydrogens (tertiary/aromatic N) is 2. The number of rotatable bonds is 7. The van der Waals surface area contributed by atoms with E-state index in [9.17, 15) is 14.4 Å². The van der Waals surface area contributed by atoms with Gasteiger partial charge in [-0.15, -0.1) is 11.3 Å². The number of carbonyl (C=O) groups excluding carboxylic acids is 3. The Morgan fingerprint density at radius 2 is 1.50 bits per heavy atom. The minimum Gasteiger partial charge on any atom is -0.462 e. The SMILES string of the molecule is CCOC(=O)c1ccccc1-c1cn2ccsc2n1.CCOC(=O)c1ccccc1C(=O)CBr. The van der Waals surface area contributed by atoms with Crippen molar-refractivity contribution in [3.05, 3.63) is 83.0 Å². The monoisotopic (exact) mass is 542 g/mol. The lowest BCUT2D eigenvalue weighted by molar-refractivity contribution is 0.0516. The van der Waals surface area contributed by atoms with Crippen LogP contribution in [0.3, 0.4) is 0 Å². The number of esters is 2. The van der Waals surface area contributed by atoms with Crippen LogP contribution in [0.25, 0.3) is 16.2 Å². The molecule has 0 aliphatic carbocycles. The van der Waals surface area contributed by atoms with Gasteiger partial charge in [0, 0.05) is 28.9 Å². The van der Waals surface area contributed by atoms with E-state index in [1.54, 1.807) is 55.5 Å². The number of hydrogen-bond acceptors (Lipinski definition) is 7. The third-order valence-corrected chi connectivity index (χ3v) is 5.92. The van der Waals surface area contributed by atoms with Crippen LogP contribution in [0.4, 0.5) is 0 Å². The zero-order valence-electron chi connectivity index (χ0n) is 18.7. The van der Waals surface area contributed by atoms with Crippen molar-refractivity contribution in [1.29, 1.82) is 0 Å². The molecule has 2 aromatic carbocycles. The maximum absolute atomic E-state index is 11.9. The number of aromatic nitrogens is 2. The summed E-state index contributed by atoms with van der Waals surface area (Å²) in [7, 11) is 0. The summed E-state index contributed by atoms with van der Waals surface area (Å²) in [5.74, 6) is -0.893. The third kappa shape index (κ3) is 5.98. The highest BCUT2D eigenvalue weighted by Gasteiger charge is 2.17. The Hall–Kier alpha value is -3.30. The van der Waals surface area contributed by atoms with E-state index in [0.29, 0.717) is 29.9 Å². The Kier molecular flexibility index (Phi) is 9.12. The van der Waals surface area contributed by atoms with Crippen LogP contribution in [-0.4, -0.2) is 45.7 Å². The highest BCUT2D eigenvalue weighted by Crippen LogP contribution is 2.25. The van der Waals surface area contributed by atoms with Crippen molar-refractivity contribution in [1.82, 2.24) is 9.38 Å². The quantitative estimate of drug-likeness (QED) is 0.169. The van der Waals surface area contributed by atoms with E-state index in [1.807, 2.05) is 40.4 Å². The Bertz CT molecular complexity index is 1270. The van der Waals surface area contributed by atoms with Gasteiger partial charge >= 0.3 is 11.9 Å². The van der Waals surface area contributed by atoms with Crippen molar-refractivity contribution in [2.75, 3.05) is 18.5 Å². The molecule has 176 valence electrons. The predicted octanol–water partition coefficient (Wildman–Crippen LogP) is 5.68. The largest absolute Gasteiger partial charge is 0.462 e. The fraction of sp³-hybridized carbons (Fsp3) is 0.200. The summed E-state index contributed by atoms with van der Waals surface area (Å²) in [5, 5.41) is 2.17. The molecule has 0 bridgehead atoms. The number of hydrogen-bond donors (Lipinski definition) is 0. The van der Waals surface area contributed by atoms with Crippen LogP contribution in [0, 0.1) is 0 Å². The van der Waals surface area contributed by atoms with E-state index >= 15 is 0 Å². The van der Waals surface area contributed by atoms with Gasteiger partial charge in [-0.3, -0.25) is 9.20 Å². The smallest absolute Gasteiger partial charge is 0.338 e. The molecule has 0 amide bonds. The first-order valence-electron chi connectivity index (χ1n) is 10.5. The molecule has 4 aromatic rings. The Morgan fingerprint density at radius 1 is 0.912 bits per heavy atom. The number of fused-ring (bicyclic) bond motifs is 1. The molecule has 9 heteroatoms. The lowest BCUT2D eigenvalue weighted by Gasteiger charge is -2.06. The van der Waals surface area contributed by atoms with Gasteiger partial charge in [-0.1, -0.05) is 52.3 Å². The van der Waals surface area contributed by atoms with Gasteiger partial charge in [0.1, 0.15) is 0 Å². The van der Waals surface area contributed by atoms with Gasteiger partial charge in [0.25, 0.3) is 0 Å². The third-order valence-electron chi connectivity index (χ3n) is 4.64. The molecule has 7 nitrogen and oxygen atoms in total. The number of thiazole rings is 1. The first-order chi connectivity index (χ1) is 16.5. The number of imidazole rings is 1. The van der Waals surface area contributed by atoms with Crippen molar-refractivity contribution >= 4 is 49.9 Å². The van der Waals surface area contributed by atoms with Gasteiger partial charge in [0.2, 0.25) is 0 Å². The average molecular weight is 543 g/mol. The lowest BCUT2D eigenvalue weighted by atomic mass is 10.0. The fourth-order valence-electron chi connectivity index (χ4n) is 3.14. The van der Waals surface area contributed by atoms with Crippen LogP contribution in [-0.2, 0) is 9.47 Å². The maximum Gasteiger partial charge on any atom is 0.338 e. The number of ketones is 1. The van der Waals surface area contributed by atoms with E-state index < -0.39 is 5.97 Å². The molecule has 0 aliphatic rings. The van der Waals surface area contributed by atoms with Crippen molar-refractivity contribution in [2.45, 2.75) is 13.8 Å². The molecular formula is C25H23BrN2O5S. The van der Waals surface area contributed by atoms with Gasteiger partial charge in [0.05, 0.1) is 35.4 Å². The van der Waals surface area contributed by atoms with Crippen molar-refractivity contribution < 1.29 is 23.9 Å². The van der Waals surface area contributed by atoms with Gasteiger partial charge < -0.3 is 9.47 Å². The Morgan fingerprint density at radius 3 is 2.12 bits per heavy atom. The molecule has 0 saturated carbocycles. The van der Waals surface area contributed by atoms with Gasteiger partial charge in [-0.2, -0.15) is 0 Å². The second-order valence-corrected chi connectivity index (χ2v) is 8.24. The predicted molar refractivity (Wildman–Crippen MR) is 135 cm³/mol. The van der Waals surface area contributed by atoms with Crippen molar-refractivity contribution in [2.24, 2.45) is 0 Å². The molecule has 0 spiro atoms. The van der Waals surface area contributed by atoms with Crippen LogP contribution in [0.1, 0.15) is 44.9 Å². The van der Waals surface area contributed by atoms with E-state index in [4.69, 9.17) is 9.47 Å². The number of Topliss-reactive ketones (excluding diaryl/α,β-unsaturated/α-hetero) is 1. The lowest BCUT2D eigenvalue weighted by Crippen LogP contribution is -2.12. The molecule has 0 atom stereocenters. The Labute approximate surface area is 209 Å². The van der Waals surface area contributed by atoms with Gasteiger partial charge in [-0.25, -0.2) is 14.6 Å². The summed E-state index contributed by atoms with van der Waals surface area (Å²) in [5.41, 5.74) is 2.86. The molecule has 0 radical (unpaired) electrons. The molecule has 2 aromatic heterocycles. The zero-order chi connectivity index (χ0) is 24.5. The minimum atomic E-state index is -0.456. The van der Waals surface area contributed by atoms with Crippen LogP contribution in [0.2, 0.25) is 0 Å². The number of alkyl halides is 1. The summed E-state index contributed by atoms with van der Waals surface area (Å²) < 4.78 is 11.9. The fourth-order valence-corrected chi connectivity index (χ4v) is 4.14. The highest BCUT2D eigenvalue weighted by molar-refractivity contribution is 9.09. The number of benzene rings is 2. The van der Waals surface area contributed by atoms with E-state index in [-0.39, 0.29) is 17.1 Å². The number of halogens is 1.